The molecule has 0 saturated carbocycles. The first-order valence-electron chi connectivity index (χ1n) is 5.50. The molecule has 2 aromatic rings. The van der Waals surface area contributed by atoms with Crippen LogP contribution in [0.15, 0.2) is 24.8 Å². The summed E-state index contributed by atoms with van der Waals surface area (Å²) in [6, 6.07) is 0. The number of β-amino-alcohol motifs (C(OH)–C–C–N with tert-alkyl or cyclic N) is 1. The van der Waals surface area contributed by atoms with Gasteiger partial charge in [0.1, 0.15) is 0 Å². The number of aliphatic hydroxyl groups excluding tert-OH is 1. The summed E-state index contributed by atoms with van der Waals surface area (Å²) in [5.74, 6) is -0.0930. The van der Waals surface area contributed by atoms with Crippen LogP contribution in [0.1, 0.15) is 16.8 Å². The number of hydrogen-bond acceptors (Lipinski definition) is 4. The van der Waals surface area contributed by atoms with Crippen molar-refractivity contribution in [2.24, 2.45) is 0 Å². The number of nitrogens with zero attached hydrogens (tertiary/aromatic N) is 4. The molecule has 3 heterocycles. The van der Waals surface area contributed by atoms with Crippen molar-refractivity contribution < 1.29 is 9.90 Å². The third-order valence-corrected chi connectivity index (χ3v) is 3.01. The Labute approximate surface area is 97.5 Å². The van der Waals surface area contributed by atoms with Crippen LogP contribution in [0.5, 0.6) is 0 Å². The van der Waals surface area contributed by atoms with E-state index in [1.54, 1.807) is 34.2 Å². The number of fused-ring (bicyclic) bond motifs is 1. The first-order valence-corrected chi connectivity index (χ1v) is 5.50. The first-order chi connectivity index (χ1) is 8.25. The molecule has 0 unspecified atom stereocenters. The fourth-order valence-corrected chi connectivity index (χ4v) is 2.10. The predicted octanol–water partition coefficient (Wildman–Crippen LogP) is -0.0639. The van der Waals surface area contributed by atoms with Crippen molar-refractivity contribution in [3.05, 3.63) is 30.4 Å². The van der Waals surface area contributed by atoms with Gasteiger partial charge >= 0.3 is 0 Å². The molecule has 1 atom stereocenters. The summed E-state index contributed by atoms with van der Waals surface area (Å²) in [6.07, 6.45) is 6.72. The molecular formula is C11H12N4O2. The molecule has 1 fully saturated rings. The van der Waals surface area contributed by atoms with Crippen LogP contribution in [0, 0.1) is 0 Å². The molecule has 1 amide bonds. The molecule has 1 aliphatic rings. The van der Waals surface area contributed by atoms with Gasteiger partial charge in [0.2, 0.25) is 0 Å². The SMILES string of the molecule is O=C(c1cnn2ccncc12)N1CC[C@@H](O)C1. The van der Waals surface area contributed by atoms with E-state index in [0.29, 0.717) is 30.6 Å². The minimum Gasteiger partial charge on any atom is -0.391 e. The van der Waals surface area contributed by atoms with E-state index in [0.717, 1.165) is 0 Å². The lowest BCUT2D eigenvalue weighted by Gasteiger charge is -2.14. The molecule has 17 heavy (non-hydrogen) atoms. The van der Waals surface area contributed by atoms with Crippen molar-refractivity contribution >= 4 is 11.4 Å². The molecule has 0 aliphatic carbocycles. The third-order valence-electron chi connectivity index (χ3n) is 3.01. The van der Waals surface area contributed by atoms with Crippen molar-refractivity contribution in [1.29, 1.82) is 0 Å². The number of carbonyl (C=O) groups is 1. The average Bonchev–Trinajstić information content (AvgIpc) is 2.94. The maximum Gasteiger partial charge on any atom is 0.257 e. The first kappa shape index (κ1) is 10.2. The number of amides is 1. The van der Waals surface area contributed by atoms with Gasteiger partial charge in [-0.1, -0.05) is 0 Å². The van der Waals surface area contributed by atoms with E-state index < -0.39 is 6.10 Å². The van der Waals surface area contributed by atoms with Crippen LogP contribution < -0.4 is 0 Å². The summed E-state index contributed by atoms with van der Waals surface area (Å²) >= 11 is 0. The fraction of sp³-hybridized carbons (Fsp3) is 0.364. The highest BCUT2D eigenvalue weighted by Crippen LogP contribution is 2.16. The van der Waals surface area contributed by atoms with Crippen molar-refractivity contribution in [3.63, 3.8) is 0 Å². The normalized spacial score (nSPS) is 20.1. The van der Waals surface area contributed by atoms with Gasteiger partial charge in [0, 0.05) is 25.5 Å². The van der Waals surface area contributed by atoms with Gasteiger partial charge in [-0.25, -0.2) is 4.52 Å². The molecule has 1 aliphatic heterocycles. The highest BCUT2D eigenvalue weighted by Gasteiger charge is 2.27. The minimum absolute atomic E-state index is 0.0930. The average molecular weight is 232 g/mol. The topological polar surface area (TPSA) is 70.7 Å². The molecule has 2 aromatic heterocycles. The molecule has 0 aromatic carbocycles. The second kappa shape index (κ2) is 3.81. The lowest BCUT2D eigenvalue weighted by atomic mass is 10.2. The van der Waals surface area contributed by atoms with E-state index in [4.69, 9.17) is 0 Å². The van der Waals surface area contributed by atoms with Gasteiger partial charge < -0.3 is 10.0 Å². The number of aliphatic hydroxyl groups is 1. The Balaban J connectivity index is 1.96. The van der Waals surface area contributed by atoms with Gasteiger partial charge in [0.15, 0.2) is 0 Å². The molecule has 6 heteroatoms. The second-order valence-corrected chi connectivity index (χ2v) is 4.16. The van der Waals surface area contributed by atoms with Gasteiger partial charge in [-0.05, 0) is 6.42 Å². The lowest BCUT2D eigenvalue weighted by molar-refractivity contribution is 0.0767. The van der Waals surface area contributed by atoms with Crippen LogP contribution in [-0.2, 0) is 0 Å². The maximum absolute atomic E-state index is 12.2. The summed E-state index contributed by atoms with van der Waals surface area (Å²) in [4.78, 5) is 17.8. The largest absolute Gasteiger partial charge is 0.391 e. The Kier molecular flexibility index (Phi) is 2.29. The van der Waals surface area contributed by atoms with Gasteiger partial charge in [0.05, 0.1) is 29.6 Å². The van der Waals surface area contributed by atoms with Crippen LogP contribution in [-0.4, -0.2) is 49.7 Å². The fourth-order valence-electron chi connectivity index (χ4n) is 2.10. The van der Waals surface area contributed by atoms with E-state index in [-0.39, 0.29) is 5.91 Å². The smallest absolute Gasteiger partial charge is 0.257 e. The Hall–Kier alpha value is -1.95. The van der Waals surface area contributed by atoms with E-state index in [1.807, 2.05) is 0 Å². The van der Waals surface area contributed by atoms with Crippen LogP contribution in [0.25, 0.3) is 5.52 Å². The summed E-state index contributed by atoms with van der Waals surface area (Å²) < 4.78 is 1.62. The molecule has 1 saturated heterocycles. The zero-order valence-electron chi connectivity index (χ0n) is 9.15. The Morgan fingerprint density at radius 1 is 1.47 bits per heavy atom. The highest BCUT2D eigenvalue weighted by molar-refractivity contribution is 6.00. The van der Waals surface area contributed by atoms with Crippen LogP contribution in [0.4, 0.5) is 0 Å². The van der Waals surface area contributed by atoms with Crippen molar-refractivity contribution in [1.82, 2.24) is 19.5 Å². The second-order valence-electron chi connectivity index (χ2n) is 4.16. The Morgan fingerprint density at radius 3 is 3.12 bits per heavy atom. The molecule has 3 rings (SSSR count). The summed E-state index contributed by atoms with van der Waals surface area (Å²) in [6.45, 7) is 0.994. The molecule has 0 bridgehead atoms. The number of hydrogen-bond donors (Lipinski definition) is 1. The molecular weight excluding hydrogens is 220 g/mol. The standard InChI is InChI=1S/C11H12N4O2/c16-8-1-3-14(7-8)11(17)9-5-13-15-4-2-12-6-10(9)15/h2,4-6,8,16H,1,3,7H2/t8-/m1/s1. The molecule has 88 valence electrons. The zero-order chi connectivity index (χ0) is 11.8. The number of carbonyl (C=O) groups excluding carboxylic acids is 1. The predicted molar refractivity (Wildman–Crippen MR) is 59.5 cm³/mol. The summed E-state index contributed by atoms with van der Waals surface area (Å²) in [5, 5.41) is 13.5. The molecule has 0 spiro atoms. The Bertz CT molecular complexity index is 565. The number of rotatable bonds is 1. The van der Waals surface area contributed by atoms with E-state index in [1.165, 1.54) is 0 Å². The lowest BCUT2D eigenvalue weighted by Crippen LogP contribution is -2.29. The quantitative estimate of drug-likeness (QED) is 0.747. The van der Waals surface area contributed by atoms with E-state index in [9.17, 15) is 9.90 Å². The summed E-state index contributed by atoms with van der Waals surface area (Å²) in [5.41, 5.74) is 1.23. The van der Waals surface area contributed by atoms with Gasteiger partial charge in [-0.2, -0.15) is 5.10 Å². The van der Waals surface area contributed by atoms with Gasteiger partial charge in [0.25, 0.3) is 5.91 Å². The third kappa shape index (κ3) is 1.66. The number of likely N-dealkylation sites (tertiary alicyclic amines) is 1. The zero-order valence-corrected chi connectivity index (χ0v) is 9.15. The van der Waals surface area contributed by atoms with Crippen molar-refractivity contribution in [2.75, 3.05) is 13.1 Å². The monoisotopic (exact) mass is 232 g/mol. The van der Waals surface area contributed by atoms with Crippen LogP contribution in [0.2, 0.25) is 0 Å². The number of aromatic nitrogens is 3. The molecule has 0 radical (unpaired) electrons. The Morgan fingerprint density at radius 2 is 2.35 bits per heavy atom. The van der Waals surface area contributed by atoms with Crippen molar-refractivity contribution in [2.45, 2.75) is 12.5 Å². The van der Waals surface area contributed by atoms with Crippen LogP contribution in [0.3, 0.4) is 0 Å². The molecule has 6 nitrogen and oxygen atoms in total. The molecule has 1 N–H and O–H groups in total. The van der Waals surface area contributed by atoms with E-state index in [2.05, 4.69) is 10.1 Å². The van der Waals surface area contributed by atoms with Crippen LogP contribution >= 0.6 is 0 Å². The highest BCUT2D eigenvalue weighted by atomic mass is 16.3. The van der Waals surface area contributed by atoms with E-state index >= 15 is 0 Å². The maximum atomic E-state index is 12.2. The minimum atomic E-state index is -0.404. The van der Waals surface area contributed by atoms with Gasteiger partial charge in [-0.15, -0.1) is 0 Å². The van der Waals surface area contributed by atoms with Gasteiger partial charge in [-0.3, -0.25) is 9.78 Å². The summed E-state index contributed by atoms with van der Waals surface area (Å²) in [7, 11) is 0. The van der Waals surface area contributed by atoms with Crippen molar-refractivity contribution in [3.8, 4) is 0 Å².